The van der Waals surface area contributed by atoms with Crippen LogP contribution in [0.4, 0.5) is 9.59 Å². The summed E-state index contributed by atoms with van der Waals surface area (Å²) in [5.74, 6) is 0. The van der Waals surface area contributed by atoms with E-state index in [1.807, 2.05) is 0 Å². The highest BCUT2D eigenvalue weighted by Crippen LogP contribution is 2.43. The molecule has 0 saturated heterocycles. The fraction of sp³-hybridized carbons (Fsp3) is 0.333. The first-order chi connectivity index (χ1) is 4.83. The van der Waals surface area contributed by atoms with Gasteiger partial charge in [0.15, 0.2) is 0 Å². The molecule has 0 rings (SSSR count). The molecule has 0 fully saturated rings. The summed E-state index contributed by atoms with van der Waals surface area (Å²) in [5, 5.41) is 15.8. The van der Waals surface area contributed by atoms with E-state index in [2.05, 4.69) is 9.05 Å². The molecule has 0 amide bonds. The van der Waals surface area contributed by atoms with Crippen LogP contribution in [0.1, 0.15) is 0 Å². The Labute approximate surface area is 61.1 Å². The van der Waals surface area contributed by atoms with Gasteiger partial charge in [0.1, 0.15) is 0 Å². The summed E-state index contributed by atoms with van der Waals surface area (Å²) in [5.41, 5.74) is 0. The first-order valence-electron chi connectivity index (χ1n) is 2.26. The molecule has 11 heavy (non-hydrogen) atoms. The highest BCUT2D eigenvalue weighted by atomic mass is 31.2. The normalized spacial score (nSPS) is 10.3. The maximum Gasteiger partial charge on any atom is 0.513 e. The number of rotatable bonds is 2. The largest absolute Gasteiger partial charge is 0.513 e. The molecule has 0 spiro atoms. The lowest BCUT2D eigenvalue weighted by Crippen LogP contribution is -2.04. The van der Waals surface area contributed by atoms with Crippen LogP contribution in [0.25, 0.3) is 0 Å². The van der Waals surface area contributed by atoms with Crippen molar-refractivity contribution in [2.75, 3.05) is 6.66 Å². The van der Waals surface area contributed by atoms with Crippen molar-refractivity contribution >= 4 is 19.9 Å². The molecule has 7 nitrogen and oxygen atoms in total. The van der Waals surface area contributed by atoms with E-state index in [0.717, 1.165) is 6.66 Å². The van der Waals surface area contributed by atoms with Gasteiger partial charge >= 0.3 is 19.9 Å². The van der Waals surface area contributed by atoms with Gasteiger partial charge in [0.25, 0.3) is 0 Å². The minimum Gasteiger partial charge on any atom is -0.449 e. The summed E-state index contributed by atoms with van der Waals surface area (Å²) in [6.45, 7) is 0.731. The van der Waals surface area contributed by atoms with Crippen LogP contribution in [0.5, 0.6) is 0 Å². The van der Waals surface area contributed by atoms with Crippen LogP contribution < -0.4 is 0 Å². The molecule has 0 saturated carbocycles. The summed E-state index contributed by atoms with van der Waals surface area (Å²) < 4.78 is 17.9. The van der Waals surface area contributed by atoms with Crippen molar-refractivity contribution < 1.29 is 33.4 Å². The summed E-state index contributed by atoms with van der Waals surface area (Å²) in [7, 11) is -4.00. The monoisotopic (exact) mass is 184 g/mol. The number of hydrogen-bond donors (Lipinski definition) is 2. The Morgan fingerprint density at radius 3 is 1.64 bits per heavy atom. The molecular formula is C3H5O7P. The van der Waals surface area contributed by atoms with Crippen LogP contribution in [-0.2, 0) is 13.6 Å². The highest BCUT2D eigenvalue weighted by Gasteiger charge is 2.25. The molecule has 2 N–H and O–H groups in total. The van der Waals surface area contributed by atoms with Crippen molar-refractivity contribution in [2.45, 2.75) is 0 Å². The van der Waals surface area contributed by atoms with Gasteiger partial charge in [-0.15, -0.1) is 0 Å². The van der Waals surface area contributed by atoms with Gasteiger partial charge in [-0.1, -0.05) is 0 Å². The smallest absolute Gasteiger partial charge is 0.449 e. The molecule has 0 atom stereocenters. The van der Waals surface area contributed by atoms with Crippen LogP contribution in [0.3, 0.4) is 0 Å². The van der Waals surface area contributed by atoms with E-state index in [1.54, 1.807) is 0 Å². The van der Waals surface area contributed by atoms with Crippen LogP contribution in [0.15, 0.2) is 0 Å². The van der Waals surface area contributed by atoms with E-state index >= 15 is 0 Å². The predicted octanol–water partition coefficient (Wildman–Crippen LogP) is 1.20. The van der Waals surface area contributed by atoms with E-state index in [9.17, 15) is 14.2 Å². The Balaban J connectivity index is 4.12. The third kappa shape index (κ3) is 5.23. The molecule has 0 heterocycles. The second kappa shape index (κ2) is 3.25. The molecule has 0 aliphatic rings. The molecular weight excluding hydrogens is 179 g/mol. The van der Waals surface area contributed by atoms with Crippen molar-refractivity contribution in [3.05, 3.63) is 0 Å². The molecule has 0 unspecified atom stereocenters. The third-order valence-corrected chi connectivity index (χ3v) is 1.46. The molecule has 0 aromatic carbocycles. The molecule has 0 aliphatic heterocycles. The van der Waals surface area contributed by atoms with E-state index in [1.165, 1.54) is 0 Å². The van der Waals surface area contributed by atoms with E-state index < -0.39 is 19.9 Å². The van der Waals surface area contributed by atoms with Gasteiger partial charge in [-0.3, -0.25) is 0 Å². The van der Waals surface area contributed by atoms with Crippen LogP contribution >= 0.6 is 7.60 Å². The predicted molar refractivity (Wildman–Crippen MR) is 31.8 cm³/mol. The van der Waals surface area contributed by atoms with E-state index in [-0.39, 0.29) is 0 Å². The SMILES string of the molecule is CP(=O)(OC(=O)O)OC(=O)O. The van der Waals surface area contributed by atoms with E-state index in [0.29, 0.717) is 0 Å². The number of carbonyl (C=O) groups is 2. The summed E-state index contributed by atoms with van der Waals surface area (Å²) in [6.07, 6.45) is -3.70. The summed E-state index contributed by atoms with van der Waals surface area (Å²) in [4.78, 5) is 19.5. The van der Waals surface area contributed by atoms with Gasteiger partial charge in [0.2, 0.25) is 0 Å². The van der Waals surface area contributed by atoms with Gasteiger partial charge in [-0.05, 0) is 0 Å². The number of carboxylic acid groups (broad SMARTS) is 2. The minimum atomic E-state index is -4.00. The lowest BCUT2D eigenvalue weighted by atomic mass is 11.5. The lowest BCUT2D eigenvalue weighted by molar-refractivity contribution is 0.120. The average Bonchev–Trinajstić information content (AvgIpc) is 1.53. The fourth-order valence-electron chi connectivity index (χ4n) is 0.302. The van der Waals surface area contributed by atoms with Gasteiger partial charge in [-0.2, -0.15) is 0 Å². The molecule has 8 heteroatoms. The Hall–Kier alpha value is -1.23. The van der Waals surface area contributed by atoms with Gasteiger partial charge in [0, 0.05) is 0 Å². The van der Waals surface area contributed by atoms with Crippen molar-refractivity contribution in [3.63, 3.8) is 0 Å². The molecule has 0 bridgehead atoms. The molecule has 0 aliphatic carbocycles. The standard InChI is InChI=1S/C3H5O7P/c1-11(8,9-2(4)5)10-3(6)7/h1H3,(H,4,5)(H,6,7). The zero-order chi connectivity index (χ0) is 9.07. The van der Waals surface area contributed by atoms with Gasteiger partial charge in [0.05, 0.1) is 6.66 Å². The van der Waals surface area contributed by atoms with Crippen molar-refractivity contribution in [1.29, 1.82) is 0 Å². The second-order valence-electron chi connectivity index (χ2n) is 1.49. The zero-order valence-corrected chi connectivity index (χ0v) is 6.28. The molecule has 0 radical (unpaired) electrons. The van der Waals surface area contributed by atoms with Crippen molar-refractivity contribution in [1.82, 2.24) is 0 Å². The summed E-state index contributed by atoms with van der Waals surface area (Å²) in [6, 6.07) is 0. The zero-order valence-electron chi connectivity index (χ0n) is 5.38. The van der Waals surface area contributed by atoms with Crippen molar-refractivity contribution in [2.24, 2.45) is 0 Å². The molecule has 0 aromatic rings. The topological polar surface area (TPSA) is 110 Å². The van der Waals surface area contributed by atoms with Gasteiger partial charge in [-0.25, -0.2) is 14.2 Å². The maximum atomic E-state index is 10.6. The molecule has 0 aromatic heterocycles. The van der Waals surface area contributed by atoms with Crippen LogP contribution in [-0.4, -0.2) is 29.2 Å². The Morgan fingerprint density at radius 1 is 1.18 bits per heavy atom. The third-order valence-electron chi connectivity index (χ3n) is 0.488. The van der Waals surface area contributed by atoms with Crippen LogP contribution in [0, 0.1) is 0 Å². The highest BCUT2D eigenvalue weighted by molar-refractivity contribution is 7.54. The first-order valence-corrected chi connectivity index (χ1v) is 4.25. The van der Waals surface area contributed by atoms with Crippen molar-refractivity contribution in [3.8, 4) is 0 Å². The van der Waals surface area contributed by atoms with Crippen LogP contribution in [0.2, 0.25) is 0 Å². The Kier molecular flexibility index (Phi) is 2.88. The van der Waals surface area contributed by atoms with Gasteiger partial charge < -0.3 is 19.3 Å². The summed E-state index contributed by atoms with van der Waals surface area (Å²) >= 11 is 0. The van der Waals surface area contributed by atoms with E-state index in [4.69, 9.17) is 10.2 Å². The Morgan fingerprint density at radius 2 is 1.45 bits per heavy atom. The maximum absolute atomic E-state index is 10.6. The first kappa shape index (κ1) is 9.77. The number of hydrogen-bond acceptors (Lipinski definition) is 5. The second-order valence-corrected chi connectivity index (χ2v) is 3.39. The minimum absolute atomic E-state index is 0.731. The average molecular weight is 184 g/mol. The Bertz CT molecular complexity index is 200. The fourth-order valence-corrected chi connectivity index (χ4v) is 0.907. The lowest BCUT2D eigenvalue weighted by Gasteiger charge is -2.07. The quantitative estimate of drug-likeness (QED) is 0.620. The molecule has 64 valence electrons.